The molecule has 3 N–H and O–H groups in total. The number of anilines is 2. The van der Waals surface area contributed by atoms with Gasteiger partial charge in [-0.05, 0) is 54.8 Å². The summed E-state index contributed by atoms with van der Waals surface area (Å²) in [6, 6.07) is 12.7. The fraction of sp³-hybridized carbons (Fsp3) is 0.100. The van der Waals surface area contributed by atoms with E-state index < -0.39 is 6.04 Å². The third-order valence-corrected chi connectivity index (χ3v) is 4.69. The third kappa shape index (κ3) is 5.01. The topological polar surface area (TPSA) is 100 Å². The van der Waals surface area contributed by atoms with Crippen molar-refractivity contribution in [1.29, 1.82) is 0 Å². The van der Waals surface area contributed by atoms with Crippen molar-refractivity contribution in [3.8, 4) is 0 Å². The largest absolute Gasteiger partial charge is 0.340 e. The number of benzene rings is 1. The van der Waals surface area contributed by atoms with Crippen LogP contribution in [-0.2, 0) is 4.79 Å². The van der Waals surface area contributed by atoms with Gasteiger partial charge in [0.15, 0.2) is 0 Å². The smallest absolute Gasteiger partial charge is 0.261 e. The van der Waals surface area contributed by atoms with Crippen molar-refractivity contribution < 1.29 is 14.4 Å². The van der Waals surface area contributed by atoms with Gasteiger partial charge in [0.1, 0.15) is 6.04 Å². The van der Waals surface area contributed by atoms with E-state index in [1.165, 1.54) is 11.3 Å². The van der Waals surface area contributed by atoms with Gasteiger partial charge in [-0.15, -0.1) is 11.3 Å². The fourth-order valence-electron chi connectivity index (χ4n) is 2.34. The second kappa shape index (κ2) is 8.92. The molecule has 0 spiro atoms. The van der Waals surface area contributed by atoms with Crippen LogP contribution in [0.3, 0.4) is 0 Å². The lowest BCUT2D eigenvalue weighted by Gasteiger charge is -2.14. The highest BCUT2D eigenvalue weighted by Crippen LogP contribution is 2.13. The zero-order valence-corrected chi connectivity index (χ0v) is 15.8. The van der Waals surface area contributed by atoms with Crippen LogP contribution in [0.1, 0.15) is 27.0 Å². The second-order valence-electron chi connectivity index (χ2n) is 5.93. The second-order valence-corrected chi connectivity index (χ2v) is 6.88. The lowest BCUT2D eigenvalue weighted by atomic mass is 10.2. The van der Waals surface area contributed by atoms with Gasteiger partial charge in [-0.3, -0.25) is 19.4 Å². The number of amides is 3. The number of rotatable bonds is 6. The first-order chi connectivity index (χ1) is 13.5. The zero-order valence-electron chi connectivity index (χ0n) is 15.0. The Balaban J connectivity index is 1.55. The summed E-state index contributed by atoms with van der Waals surface area (Å²) in [4.78, 5) is 41.0. The van der Waals surface area contributed by atoms with Crippen LogP contribution in [0.15, 0.2) is 66.3 Å². The van der Waals surface area contributed by atoms with E-state index in [2.05, 4.69) is 20.9 Å². The average molecular weight is 394 g/mol. The highest BCUT2D eigenvalue weighted by molar-refractivity contribution is 7.12. The van der Waals surface area contributed by atoms with Crippen LogP contribution >= 0.6 is 11.3 Å². The summed E-state index contributed by atoms with van der Waals surface area (Å²) in [5.41, 5.74) is 1.57. The first kappa shape index (κ1) is 19.2. The van der Waals surface area contributed by atoms with E-state index in [4.69, 9.17) is 0 Å². The first-order valence-corrected chi connectivity index (χ1v) is 9.37. The van der Waals surface area contributed by atoms with E-state index in [0.29, 0.717) is 21.8 Å². The molecule has 1 aromatic carbocycles. The standard InChI is InChI=1S/C20H18N4O3S/c1-13(22-20(27)17-5-3-11-28-17)18(25)23-15-8-6-14(7-9-15)19(26)24-16-4-2-10-21-12-16/h2-13H,1H3,(H,22,27)(H,23,25)(H,24,26)/t13-/m0/s1. The molecule has 0 aliphatic carbocycles. The van der Waals surface area contributed by atoms with Gasteiger partial charge in [-0.2, -0.15) is 0 Å². The van der Waals surface area contributed by atoms with Crippen LogP contribution in [0.25, 0.3) is 0 Å². The molecular weight excluding hydrogens is 376 g/mol. The normalized spacial score (nSPS) is 11.3. The predicted octanol–water partition coefficient (Wildman–Crippen LogP) is 3.15. The first-order valence-electron chi connectivity index (χ1n) is 8.49. The van der Waals surface area contributed by atoms with Crippen molar-refractivity contribution in [3.63, 3.8) is 0 Å². The van der Waals surface area contributed by atoms with Crippen molar-refractivity contribution in [2.45, 2.75) is 13.0 Å². The van der Waals surface area contributed by atoms with Crippen LogP contribution in [0, 0.1) is 0 Å². The van der Waals surface area contributed by atoms with Gasteiger partial charge in [0.05, 0.1) is 16.8 Å². The van der Waals surface area contributed by atoms with Gasteiger partial charge in [0.25, 0.3) is 11.8 Å². The lowest BCUT2D eigenvalue weighted by Crippen LogP contribution is -2.41. The van der Waals surface area contributed by atoms with Gasteiger partial charge in [-0.1, -0.05) is 6.07 Å². The summed E-state index contributed by atoms with van der Waals surface area (Å²) in [5.74, 6) is -0.917. The summed E-state index contributed by atoms with van der Waals surface area (Å²) in [6.45, 7) is 1.61. The van der Waals surface area contributed by atoms with Crippen molar-refractivity contribution in [2.24, 2.45) is 0 Å². The van der Waals surface area contributed by atoms with Crippen molar-refractivity contribution in [1.82, 2.24) is 10.3 Å². The van der Waals surface area contributed by atoms with Crippen molar-refractivity contribution >= 4 is 40.4 Å². The molecule has 3 aromatic rings. The van der Waals surface area contributed by atoms with Crippen LogP contribution in [0.2, 0.25) is 0 Å². The van der Waals surface area contributed by atoms with Crippen LogP contribution in [0.4, 0.5) is 11.4 Å². The maximum absolute atomic E-state index is 12.3. The Morgan fingerprint density at radius 1 is 0.929 bits per heavy atom. The highest BCUT2D eigenvalue weighted by atomic mass is 32.1. The van der Waals surface area contributed by atoms with Crippen LogP contribution < -0.4 is 16.0 Å². The number of nitrogens with zero attached hydrogens (tertiary/aromatic N) is 1. The number of aromatic nitrogens is 1. The molecule has 28 heavy (non-hydrogen) atoms. The van der Waals surface area contributed by atoms with E-state index in [-0.39, 0.29) is 17.7 Å². The van der Waals surface area contributed by atoms with E-state index in [9.17, 15) is 14.4 Å². The molecule has 3 rings (SSSR count). The number of hydrogen-bond acceptors (Lipinski definition) is 5. The Morgan fingerprint density at radius 3 is 2.36 bits per heavy atom. The van der Waals surface area contributed by atoms with E-state index in [1.54, 1.807) is 73.2 Å². The van der Waals surface area contributed by atoms with Gasteiger partial charge in [-0.25, -0.2) is 0 Å². The molecule has 0 saturated heterocycles. The summed E-state index contributed by atoms with van der Waals surface area (Å²) in [7, 11) is 0. The maximum Gasteiger partial charge on any atom is 0.261 e. The quantitative estimate of drug-likeness (QED) is 0.598. The molecule has 1 atom stereocenters. The minimum absolute atomic E-state index is 0.276. The minimum atomic E-state index is -0.705. The van der Waals surface area contributed by atoms with Gasteiger partial charge in [0, 0.05) is 17.4 Å². The molecule has 142 valence electrons. The number of nitrogens with one attached hydrogen (secondary N) is 3. The predicted molar refractivity (Wildman–Crippen MR) is 109 cm³/mol. The molecule has 0 unspecified atom stereocenters. The van der Waals surface area contributed by atoms with Crippen molar-refractivity contribution in [2.75, 3.05) is 10.6 Å². The zero-order chi connectivity index (χ0) is 19.9. The molecule has 0 aliphatic heterocycles. The average Bonchev–Trinajstić information content (AvgIpc) is 3.24. The summed E-state index contributed by atoms with van der Waals surface area (Å²) >= 11 is 1.31. The number of carbonyl (C=O) groups is 3. The minimum Gasteiger partial charge on any atom is -0.340 e. The maximum atomic E-state index is 12.3. The highest BCUT2D eigenvalue weighted by Gasteiger charge is 2.17. The molecule has 3 amide bonds. The third-order valence-electron chi connectivity index (χ3n) is 3.82. The molecule has 2 aromatic heterocycles. The van der Waals surface area contributed by atoms with Gasteiger partial charge < -0.3 is 16.0 Å². The number of carbonyl (C=O) groups excluding carboxylic acids is 3. The molecule has 7 nitrogen and oxygen atoms in total. The molecule has 0 fully saturated rings. The van der Waals surface area contributed by atoms with E-state index in [1.807, 2.05) is 0 Å². The molecular formula is C20H18N4O3S. The lowest BCUT2D eigenvalue weighted by molar-refractivity contribution is -0.117. The summed E-state index contributed by atoms with van der Waals surface area (Å²) < 4.78 is 0. The Labute approximate surface area is 165 Å². The van der Waals surface area contributed by atoms with Crippen molar-refractivity contribution in [3.05, 3.63) is 76.7 Å². The molecule has 0 radical (unpaired) electrons. The van der Waals surface area contributed by atoms with E-state index in [0.717, 1.165) is 0 Å². The molecule has 0 saturated carbocycles. The Bertz CT molecular complexity index is 957. The van der Waals surface area contributed by atoms with Crippen LogP contribution in [-0.4, -0.2) is 28.7 Å². The summed E-state index contributed by atoms with van der Waals surface area (Å²) in [5, 5.41) is 9.90. The van der Waals surface area contributed by atoms with Crippen LogP contribution in [0.5, 0.6) is 0 Å². The number of hydrogen-bond donors (Lipinski definition) is 3. The number of pyridine rings is 1. The Morgan fingerprint density at radius 2 is 1.71 bits per heavy atom. The number of thiophene rings is 1. The monoisotopic (exact) mass is 394 g/mol. The molecule has 0 bridgehead atoms. The summed E-state index contributed by atoms with van der Waals surface area (Å²) in [6.07, 6.45) is 3.18. The van der Waals surface area contributed by atoms with Gasteiger partial charge in [0.2, 0.25) is 5.91 Å². The van der Waals surface area contributed by atoms with Gasteiger partial charge >= 0.3 is 0 Å². The molecule has 8 heteroatoms. The Hall–Kier alpha value is -3.52. The Kier molecular flexibility index (Phi) is 6.13. The molecule has 2 heterocycles. The van der Waals surface area contributed by atoms with E-state index >= 15 is 0 Å². The molecule has 0 aliphatic rings. The SMILES string of the molecule is C[C@H](NC(=O)c1cccs1)C(=O)Nc1ccc(C(=O)Nc2cccnc2)cc1. The fourth-order valence-corrected chi connectivity index (χ4v) is 2.96.